The lowest BCUT2D eigenvalue weighted by Gasteiger charge is -2.17. The van der Waals surface area contributed by atoms with Crippen LogP contribution in [-0.4, -0.2) is 16.1 Å². The smallest absolute Gasteiger partial charge is 0.0954 e. The van der Waals surface area contributed by atoms with E-state index in [1.165, 1.54) is 30.7 Å². The zero-order valence-electron chi connectivity index (χ0n) is 8.16. The van der Waals surface area contributed by atoms with Crippen LogP contribution in [0, 0.1) is 0 Å². The summed E-state index contributed by atoms with van der Waals surface area (Å²) in [6.45, 7) is 2.85. The van der Waals surface area contributed by atoms with Crippen LogP contribution >= 0.6 is 0 Å². The Kier molecular flexibility index (Phi) is 2.36. The van der Waals surface area contributed by atoms with Gasteiger partial charge in [-0.25, -0.2) is 4.98 Å². The number of fused-ring (bicyclic) bond motifs is 1. The maximum Gasteiger partial charge on any atom is 0.0954 e. The highest BCUT2D eigenvalue weighted by Gasteiger charge is 2.16. The van der Waals surface area contributed by atoms with Gasteiger partial charge < -0.3 is 10.3 Å². The number of hydrogen-bond acceptors (Lipinski definition) is 2. The fourth-order valence-electron chi connectivity index (χ4n) is 1.99. The second-order valence-electron chi connectivity index (χ2n) is 3.84. The van der Waals surface area contributed by atoms with Gasteiger partial charge >= 0.3 is 0 Å². The summed E-state index contributed by atoms with van der Waals surface area (Å²) in [5.74, 6) is 0. The van der Waals surface area contributed by atoms with Crippen molar-refractivity contribution >= 4 is 0 Å². The Morgan fingerprint density at radius 3 is 3.08 bits per heavy atom. The second kappa shape index (κ2) is 3.50. The minimum Gasteiger partial charge on any atom is -0.330 e. The van der Waals surface area contributed by atoms with Crippen LogP contribution in [0.25, 0.3) is 0 Å². The first-order chi connectivity index (χ1) is 6.33. The Balaban J connectivity index is 2.31. The molecule has 0 saturated heterocycles. The van der Waals surface area contributed by atoms with Crippen LogP contribution in [0.15, 0.2) is 6.33 Å². The fourth-order valence-corrected chi connectivity index (χ4v) is 1.99. The Morgan fingerprint density at radius 1 is 1.54 bits per heavy atom. The Bertz CT molecular complexity index is 290. The normalized spacial score (nSPS) is 18.3. The average molecular weight is 179 g/mol. The Labute approximate surface area is 79.0 Å². The van der Waals surface area contributed by atoms with Gasteiger partial charge in [0, 0.05) is 18.3 Å². The highest BCUT2D eigenvalue weighted by molar-refractivity contribution is 5.17. The first-order valence-corrected chi connectivity index (χ1v) is 5.07. The van der Waals surface area contributed by atoms with Crippen molar-refractivity contribution in [2.24, 2.45) is 5.73 Å². The molecule has 1 heterocycles. The van der Waals surface area contributed by atoms with E-state index >= 15 is 0 Å². The van der Waals surface area contributed by atoms with E-state index in [1.54, 1.807) is 0 Å². The van der Waals surface area contributed by atoms with Crippen LogP contribution in [0.5, 0.6) is 0 Å². The average Bonchev–Trinajstić information content (AvgIpc) is 2.60. The van der Waals surface area contributed by atoms with E-state index in [0.717, 1.165) is 6.42 Å². The summed E-state index contributed by atoms with van der Waals surface area (Å²) in [6.07, 6.45) is 6.88. The first-order valence-electron chi connectivity index (χ1n) is 5.07. The third-order valence-corrected chi connectivity index (χ3v) is 2.88. The number of hydrogen-bond donors (Lipinski definition) is 1. The van der Waals surface area contributed by atoms with Crippen LogP contribution < -0.4 is 5.73 Å². The molecule has 1 atom stereocenters. The molecule has 0 spiro atoms. The van der Waals surface area contributed by atoms with Gasteiger partial charge in [0.2, 0.25) is 0 Å². The van der Waals surface area contributed by atoms with Gasteiger partial charge in [0.25, 0.3) is 0 Å². The van der Waals surface area contributed by atoms with Crippen molar-refractivity contribution < 1.29 is 0 Å². The first kappa shape index (κ1) is 8.75. The molecular weight excluding hydrogens is 162 g/mol. The van der Waals surface area contributed by atoms with Crippen LogP contribution in [0.4, 0.5) is 0 Å². The molecule has 0 amide bonds. The second-order valence-corrected chi connectivity index (χ2v) is 3.84. The van der Waals surface area contributed by atoms with E-state index in [0.29, 0.717) is 12.6 Å². The molecule has 1 aromatic rings. The molecule has 1 aromatic heterocycles. The van der Waals surface area contributed by atoms with E-state index in [-0.39, 0.29) is 0 Å². The van der Waals surface area contributed by atoms with Crippen LogP contribution in [0.2, 0.25) is 0 Å². The van der Waals surface area contributed by atoms with Gasteiger partial charge in [-0.3, -0.25) is 0 Å². The molecule has 3 nitrogen and oxygen atoms in total. The van der Waals surface area contributed by atoms with E-state index in [2.05, 4.69) is 16.5 Å². The van der Waals surface area contributed by atoms with Gasteiger partial charge in [-0.2, -0.15) is 0 Å². The van der Waals surface area contributed by atoms with Crippen molar-refractivity contribution in [2.75, 3.05) is 6.54 Å². The summed E-state index contributed by atoms with van der Waals surface area (Å²) in [7, 11) is 0. The molecule has 1 aliphatic carbocycles. The molecule has 1 aliphatic rings. The predicted octanol–water partition coefficient (Wildman–Crippen LogP) is 1.28. The van der Waals surface area contributed by atoms with E-state index in [9.17, 15) is 0 Å². The van der Waals surface area contributed by atoms with Gasteiger partial charge in [-0.05, 0) is 32.6 Å². The molecule has 1 unspecified atom stereocenters. The van der Waals surface area contributed by atoms with Gasteiger partial charge in [-0.15, -0.1) is 0 Å². The van der Waals surface area contributed by atoms with Gasteiger partial charge in [-0.1, -0.05) is 0 Å². The molecule has 0 fully saturated rings. The van der Waals surface area contributed by atoms with Crippen molar-refractivity contribution in [3.05, 3.63) is 17.7 Å². The largest absolute Gasteiger partial charge is 0.330 e. The minimum atomic E-state index is 0.398. The van der Waals surface area contributed by atoms with Gasteiger partial charge in [0.05, 0.1) is 12.0 Å². The topological polar surface area (TPSA) is 43.8 Å². The Morgan fingerprint density at radius 2 is 2.31 bits per heavy atom. The lowest BCUT2D eigenvalue weighted by atomic mass is 10.0. The number of nitrogens with two attached hydrogens (primary N) is 1. The molecular formula is C10H17N3. The number of nitrogens with zero attached hydrogens (tertiary/aromatic N) is 2. The summed E-state index contributed by atoms with van der Waals surface area (Å²) in [4.78, 5) is 4.43. The zero-order chi connectivity index (χ0) is 9.26. The predicted molar refractivity (Wildman–Crippen MR) is 52.6 cm³/mol. The summed E-state index contributed by atoms with van der Waals surface area (Å²) >= 11 is 0. The molecule has 0 radical (unpaired) electrons. The number of aromatic nitrogens is 2. The third kappa shape index (κ3) is 1.48. The maximum atomic E-state index is 5.65. The van der Waals surface area contributed by atoms with E-state index < -0.39 is 0 Å². The minimum absolute atomic E-state index is 0.398. The highest BCUT2D eigenvalue weighted by atomic mass is 15.1. The number of aryl methyl sites for hydroxylation is 1. The molecule has 0 aromatic carbocycles. The van der Waals surface area contributed by atoms with E-state index in [4.69, 9.17) is 5.73 Å². The molecule has 0 aliphatic heterocycles. The van der Waals surface area contributed by atoms with Crippen molar-refractivity contribution in [1.82, 2.24) is 9.55 Å². The summed E-state index contributed by atoms with van der Waals surface area (Å²) < 4.78 is 2.24. The van der Waals surface area contributed by atoms with Crippen molar-refractivity contribution in [3.8, 4) is 0 Å². The highest BCUT2D eigenvalue weighted by Crippen LogP contribution is 2.22. The SMILES string of the molecule is CC(CN)n1cnc2c1CCCC2. The number of rotatable bonds is 2. The maximum absolute atomic E-state index is 5.65. The van der Waals surface area contributed by atoms with Crippen molar-refractivity contribution in [2.45, 2.75) is 38.6 Å². The zero-order valence-corrected chi connectivity index (χ0v) is 8.16. The van der Waals surface area contributed by atoms with Gasteiger partial charge in [0.15, 0.2) is 0 Å². The molecule has 0 bridgehead atoms. The number of imidazole rings is 1. The quantitative estimate of drug-likeness (QED) is 0.743. The molecule has 2 N–H and O–H groups in total. The van der Waals surface area contributed by atoms with Gasteiger partial charge in [0.1, 0.15) is 0 Å². The van der Waals surface area contributed by atoms with Crippen molar-refractivity contribution in [3.63, 3.8) is 0 Å². The molecule has 72 valence electrons. The molecule has 2 rings (SSSR count). The fraction of sp³-hybridized carbons (Fsp3) is 0.700. The van der Waals surface area contributed by atoms with Crippen LogP contribution in [0.1, 0.15) is 37.2 Å². The van der Waals surface area contributed by atoms with E-state index in [1.807, 2.05) is 6.33 Å². The standard InChI is InChI=1S/C10H17N3/c1-8(6-11)13-7-12-9-4-2-3-5-10(9)13/h7-8H,2-6,11H2,1H3. The summed E-state index contributed by atoms with van der Waals surface area (Å²) in [5, 5.41) is 0. The third-order valence-electron chi connectivity index (χ3n) is 2.88. The van der Waals surface area contributed by atoms with Crippen molar-refractivity contribution in [1.29, 1.82) is 0 Å². The lowest BCUT2D eigenvalue weighted by Crippen LogP contribution is -2.18. The molecule has 3 heteroatoms. The van der Waals surface area contributed by atoms with Crippen LogP contribution in [-0.2, 0) is 12.8 Å². The molecule has 13 heavy (non-hydrogen) atoms. The summed E-state index contributed by atoms with van der Waals surface area (Å²) in [5.41, 5.74) is 8.37. The lowest BCUT2D eigenvalue weighted by molar-refractivity contribution is 0.520. The van der Waals surface area contributed by atoms with Crippen LogP contribution in [0.3, 0.4) is 0 Å². The molecule has 0 saturated carbocycles. The summed E-state index contributed by atoms with van der Waals surface area (Å²) in [6, 6.07) is 0.398. The monoisotopic (exact) mass is 179 g/mol. The Hall–Kier alpha value is -0.830.